The van der Waals surface area contributed by atoms with Crippen LogP contribution in [0.3, 0.4) is 0 Å². The smallest absolute Gasteiger partial charge is 0.342 e. The second kappa shape index (κ2) is 8.40. The third kappa shape index (κ3) is 3.86. The van der Waals surface area contributed by atoms with Crippen molar-refractivity contribution in [3.8, 4) is 0 Å². The summed E-state index contributed by atoms with van der Waals surface area (Å²) >= 11 is 6.19. The first-order chi connectivity index (χ1) is 14.9. The van der Waals surface area contributed by atoms with Gasteiger partial charge in [0.25, 0.3) is 0 Å². The van der Waals surface area contributed by atoms with Crippen molar-refractivity contribution in [1.29, 1.82) is 0 Å². The molecule has 0 spiro atoms. The molecule has 0 bridgehead atoms. The van der Waals surface area contributed by atoms with E-state index in [9.17, 15) is 9.59 Å². The van der Waals surface area contributed by atoms with E-state index in [0.29, 0.717) is 16.1 Å². The molecule has 4 rings (SSSR count). The molecule has 7 heteroatoms. The number of nitrogens with zero attached hydrogens (tertiary/aromatic N) is 3. The number of carbonyl (C=O) groups excluding carboxylic acids is 2. The second-order valence-electron chi connectivity index (χ2n) is 7.45. The van der Waals surface area contributed by atoms with Gasteiger partial charge >= 0.3 is 5.97 Å². The molecular weight excluding hydrogens is 414 g/mol. The molecule has 0 aliphatic heterocycles. The number of aryl methyl sites for hydroxylation is 1. The first-order valence-electron chi connectivity index (χ1n) is 9.94. The lowest BCUT2D eigenvalue weighted by atomic mass is 10.1. The molecule has 0 N–H and O–H groups in total. The molecule has 6 nitrogen and oxygen atoms in total. The Bertz CT molecular complexity index is 1270. The number of ether oxygens (including phenoxy) is 1. The SMILES string of the molecule is Cc1cc(C(=O)COC(=O)c2cnn3cccc(Cl)c23)c(C)n1C(C)c1ccccc1. The number of Topliss-reactive ketones (excluding diaryl/α,β-unsaturated/α-hetero) is 1. The fourth-order valence-electron chi connectivity index (χ4n) is 3.97. The van der Waals surface area contributed by atoms with Gasteiger partial charge in [-0.15, -0.1) is 0 Å². The lowest BCUT2D eigenvalue weighted by molar-refractivity contribution is 0.0476. The minimum Gasteiger partial charge on any atom is -0.454 e. The Morgan fingerprint density at radius 2 is 1.84 bits per heavy atom. The predicted molar refractivity (Wildman–Crippen MR) is 119 cm³/mol. The van der Waals surface area contributed by atoms with Gasteiger partial charge in [-0.05, 0) is 44.5 Å². The van der Waals surface area contributed by atoms with Gasteiger partial charge in [-0.3, -0.25) is 4.79 Å². The highest BCUT2D eigenvalue weighted by Crippen LogP contribution is 2.26. The first kappa shape index (κ1) is 20.9. The normalized spacial score (nSPS) is 12.1. The van der Waals surface area contributed by atoms with Crippen molar-refractivity contribution in [3.05, 3.63) is 94.0 Å². The molecule has 1 unspecified atom stereocenters. The van der Waals surface area contributed by atoms with Gasteiger partial charge in [0.2, 0.25) is 5.78 Å². The van der Waals surface area contributed by atoms with E-state index in [2.05, 4.69) is 28.7 Å². The van der Waals surface area contributed by atoms with Crippen molar-refractivity contribution >= 4 is 28.9 Å². The number of carbonyl (C=O) groups is 2. The van der Waals surface area contributed by atoms with E-state index in [1.54, 1.807) is 18.3 Å². The van der Waals surface area contributed by atoms with Gasteiger partial charge < -0.3 is 9.30 Å². The highest BCUT2D eigenvalue weighted by Gasteiger charge is 2.22. The lowest BCUT2D eigenvalue weighted by Crippen LogP contribution is -2.16. The zero-order valence-electron chi connectivity index (χ0n) is 17.5. The Morgan fingerprint density at radius 3 is 2.58 bits per heavy atom. The number of halogens is 1. The highest BCUT2D eigenvalue weighted by molar-refractivity contribution is 6.34. The monoisotopic (exact) mass is 435 g/mol. The molecule has 3 aromatic heterocycles. The number of benzene rings is 1. The maximum absolute atomic E-state index is 12.9. The predicted octanol–water partition coefficient (Wildman–Crippen LogP) is 5.06. The van der Waals surface area contributed by atoms with Crippen molar-refractivity contribution in [2.45, 2.75) is 26.8 Å². The van der Waals surface area contributed by atoms with Crippen molar-refractivity contribution in [2.24, 2.45) is 0 Å². The molecule has 158 valence electrons. The number of rotatable bonds is 6. The van der Waals surface area contributed by atoms with Crippen molar-refractivity contribution in [3.63, 3.8) is 0 Å². The number of fused-ring (bicyclic) bond motifs is 1. The average molecular weight is 436 g/mol. The summed E-state index contributed by atoms with van der Waals surface area (Å²) < 4.78 is 8.93. The Balaban J connectivity index is 1.52. The highest BCUT2D eigenvalue weighted by atomic mass is 35.5. The summed E-state index contributed by atoms with van der Waals surface area (Å²) in [7, 11) is 0. The van der Waals surface area contributed by atoms with E-state index in [0.717, 1.165) is 17.0 Å². The quantitative estimate of drug-likeness (QED) is 0.314. The zero-order chi connectivity index (χ0) is 22.1. The summed E-state index contributed by atoms with van der Waals surface area (Å²) in [5, 5.41) is 4.49. The molecule has 0 saturated heterocycles. The van der Waals surface area contributed by atoms with Crippen molar-refractivity contribution in [2.75, 3.05) is 6.61 Å². The summed E-state index contributed by atoms with van der Waals surface area (Å²) in [5.41, 5.74) is 4.19. The van der Waals surface area contributed by atoms with Crippen LogP contribution in [-0.2, 0) is 4.74 Å². The molecule has 0 saturated carbocycles. The summed E-state index contributed by atoms with van der Waals surface area (Å²) in [6.07, 6.45) is 3.08. The summed E-state index contributed by atoms with van der Waals surface area (Å²) in [6.45, 7) is 5.62. The molecule has 0 fully saturated rings. The van der Waals surface area contributed by atoms with Crippen LogP contribution in [0, 0.1) is 13.8 Å². The molecular formula is C24H22ClN3O3. The van der Waals surface area contributed by atoms with Crippen LogP contribution in [0.15, 0.2) is 60.9 Å². The van der Waals surface area contributed by atoms with Gasteiger partial charge in [-0.25, -0.2) is 9.31 Å². The Morgan fingerprint density at radius 1 is 1.10 bits per heavy atom. The zero-order valence-corrected chi connectivity index (χ0v) is 18.3. The van der Waals surface area contributed by atoms with Crippen LogP contribution in [-0.4, -0.2) is 32.5 Å². The fourth-order valence-corrected chi connectivity index (χ4v) is 4.23. The van der Waals surface area contributed by atoms with Crippen LogP contribution in [0.25, 0.3) is 5.52 Å². The minimum atomic E-state index is -0.636. The van der Waals surface area contributed by atoms with Crippen LogP contribution in [0.5, 0.6) is 0 Å². The average Bonchev–Trinajstić information content (AvgIpc) is 3.34. The number of esters is 1. The molecule has 1 atom stereocenters. The van der Waals surface area contributed by atoms with Crippen LogP contribution >= 0.6 is 11.6 Å². The van der Waals surface area contributed by atoms with Gasteiger partial charge in [0.1, 0.15) is 5.56 Å². The Labute approximate surface area is 185 Å². The third-order valence-corrected chi connectivity index (χ3v) is 5.80. The molecule has 0 aliphatic rings. The van der Waals surface area contributed by atoms with E-state index in [1.807, 2.05) is 38.1 Å². The van der Waals surface area contributed by atoms with Crippen LogP contribution in [0.4, 0.5) is 0 Å². The standard InChI is InChI=1S/C24H22ClN3O3/c1-15-12-19(17(3)28(15)16(2)18-8-5-4-6-9-18)22(29)14-31-24(30)20-13-26-27-11-7-10-21(25)23(20)27/h4-13,16H,14H2,1-3H3. The minimum absolute atomic E-state index is 0.0752. The second-order valence-corrected chi connectivity index (χ2v) is 7.86. The maximum Gasteiger partial charge on any atom is 0.342 e. The van der Waals surface area contributed by atoms with Crippen LogP contribution < -0.4 is 0 Å². The van der Waals surface area contributed by atoms with Gasteiger partial charge in [-0.2, -0.15) is 5.10 Å². The number of hydrogen-bond acceptors (Lipinski definition) is 4. The number of ketones is 1. The van der Waals surface area contributed by atoms with Gasteiger partial charge in [0.05, 0.1) is 22.8 Å². The molecule has 31 heavy (non-hydrogen) atoms. The summed E-state index contributed by atoms with van der Waals surface area (Å²) in [4.78, 5) is 25.4. The van der Waals surface area contributed by atoms with Crippen LogP contribution in [0.2, 0.25) is 5.02 Å². The molecule has 4 aromatic rings. The molecule has 0 radical (unpaired) electrons. The van der Waals surface area contributed by atoms with Gasteiger partial charge in [0, 0.05) is 23.1 Å². The van der Waals surface area contributed by atoms with Crippen LogP contribution in [0.1, 0.15) is 50.6 Å². The van der Waals surface area contributed by atoms with Crippen molar-refractivity contribution in [1.82, 2.24) is 14.2 Å². The third-order valence-electron chi connectivity index (χ3n) is 5.50. The van der Waals surface area contributed by atoms with E-state index in [1.165, 1.54) is 10.7 Å². The van der Waals surface area contributed by atoms with E-state index in [-0.39, 0.29) is 24.0 Å². The lowest BCUT2D eigenvalue weighted by Gasteiger charge is -2.19. The Kier molecular flexibility index (Phi) is 5.65. The Hall–Kier alpha value is -3.38. The van der Waals surface area contributed by atoms with Crippen molar-refractivity contribution < 1.29 is 14.3 Å². The van der Waals surface area contributed by atoms with Gasteiger partial charge in [0.15, 0.2) is 6.61 Å². The number of aromatic nitrogens is 3. The van der Waals surface area contributed by atoms with Gasteiger partial charge in [-0.1, -0.05) is 41.9 Å². The molecule has 1 aromatic carbocycles. The number of pyridine rings is 1. The largest absolute Gasteiger partial charge is 0.454 e. The fraction of sp³-hybridized carbons (Fsp3) is 0.208. The first-order valence-corrected chi connectivity index (χ1v) is 10.3. The molecule has 3 heterocycles. The maximum atomic E-state index is 12.9. The van der Waals surface area contributed by atoms with E-state index >= 15 is 0 Å². The molecule has 0 amide bonds. The molecule has 0 aliphatic carbocycles. The number of hydrogen-bond donors (Lipinski definition) is 0. The van der Waals surface area contributed by atoms with E-state index < -0.39 is 5.97 Å². The van der Waals surface area contributed by atoms with E-state index in [4.69, 9.17) is 16.3 Å². The topological polar surface area (TPSA) is 65.6 Å². The summed E-state index contributed by atoms with van der Waals surface area (Å²) in [5.74, 6) is -0.890. The summed E-state index contributed by atoms with van der Waals surface area (Å²) in [6, 6.07) is 15.4.